The van der Waals surface area contributed by atoms with E-state index in [4.69, 9.17) is 0 Å². The highest BCUT2D eigenvalue weighted by molar-refractivity contribution is 7.13. The van der Waals surface area contributed by atoms with Crippen LogP contribution in [-0.2, 0) is 7.05 Å². The van der Waals surface area contributed by atoms with Gasteiger partial charge in [0.15, 0.2) is 0 Å². The molecular formula is C17H18N4OS. The first kappa shape index (κ1) is 15.4. The van der Waals surface area contributed by atoms with Crippen LogP contribution in [0.4, 0.5) is 0 Å². The molecule has 118 valence electrons. The van der Waals surface area contributed by atoms with Gasteiger partial charge in [-0.3, -0.25) is 9.48 Å². The van der Waals surface area contributed by atoms with Gasteiger partial charge in [0.25, 0.3) is 5.91 Å². The van der Waals surface area contributed by atoms with E-state index in [2.05, 4.69) is 15.4 Å². The topological polar surface area (TPSA) is 59.8 Å². The number of benzene rings is 1. The molecule has 23 heavy (non-hydrogen) atoms. The van der Waals surface area contributed by atoms with Crippen LogP contribution >= 0.6 is 11.3 Å². The van der Waals surface area contributed by atoms with Crippen LogP contribution in [0, 0.1) is 6.92 Å². The van der Waals surface area contributed by atoms with Gasteiger partial charge in [-0.1, -0.05) is 24.3 Å². The van der Waals surface area contributed by atoms with Gasteiger partial charge in [0, 0.05) is 24.2 Å². The lowest BCUT2D eigenvalue weighted by Gasteiger charge is -2.15. The average molecular weight is 326 g/mol. The summed E-state index contributed by atoms with van der Waals surface area (Å²) >= 11 is 1.45. The molecule has 0 aliphatic carbocycles. The maximum absolute atomic E-state index is 12.4. The standard InChI is InChI=1S/C17H18N4OS/c1-11-6-4-5-7-14(11)12(2)19-16(22)15-10-23-17(20-15)13-8-18-21(3)9-13/h4-10,12H,1-3H3,(H,19,22). The maximum atomic E-state index is 12.4. The van der Waals surface area contributed by atoms with Gasteiger partial charge in [-0.25, -0.2) is 4.98 Å². The number of aryl methyl sites for hydroxylation is 2. The Balaban J connectivity index is 1.74. The number of amides is 1. The highest BCUT2D eigenvalue weighted by atomic mass is 32.1. The lowest BCUT2D eigenvalue weighted by atomic mass is 10.0. The molecule has 1 N–H and O–H groups in total. The van der Waals surface area contributed by atoms with Gasteiger partial charge in [-0.2, -0.15) is 5.10 Å². The van der Waals surface area contributed by atoms with Gasteiger partial charge in [0.2, 0.25) is 0 Å². The van der Waals surface area contributed by atoms with E-state index in [-0.39, 0.29) is 11.9 Å². The van der Waals surface area contributed by atoms with Crippen LogP contribution in [0.2, 0.25) is 0 Å². The summed E-state index contributed by atoms with van der Waals surface area (Å²) in [7, 11) is 1.86. The lowest BCUT2D eigenvalue weighted by Crippen LogP contribution is -2.27. The van der Waals surface area contributed by atoms with Crippen molar-refractivity contribution in [2.75, 3.05) is 0 Å². The van der Waals surface area contributed by atoms with Crippen molar-refractivity contribution in [1.29, 1.82) is 0 Å². The number of aromatic nitrogens is 3. The van der Waals surface area contributed by atoms with Crippen molar-refractivity contribution in [3.05, 3.63) is 58.9 Å². The summed E-state index contributed by atoms with van der Waals surface area (Å²) in [5.74, 6) is -0.160. The molecule has 1 aromatic carbocycles. The Labute approximate surface area is 139 Å². The van der Waals surface area contributed by atoms with E-state index in [9.17, 15) is 4.79 Å². The number of nitrogens with zero attached hydrogens (tertiary/aromatic N) is 3. The van der Waals surface area contributed by atoms with E-state index in [1.807, 2.05) is 51.4 Å². The summed E-state index contributed by atoms with van der Waals surface area (Å²) in [5.41, 5.74) is 3.64. The Morgan fingerprint density at radius 2 is 2.13 bits per heavy atom. The number of carbonyl (C=O) groups excluding carboxylic acids is 1. The monoisotopic (exact) mass is 326 g/mol. The summed E-state index contributed by atoms with van der Waals surface area (Å²) in [5, 5.41) is 9.71. The Kier molecular flexibility index (Phi) is 4.25. The predicted molar refractivity (Wildman–Crippen MR) is 91.4 cm³/mol. The minimum absolute atomic E-state index is 0.0627. The van der Waals surface area contributed by atoms with E-state index in [0.717, 1.165) is 21.7 Å². The summed E-state index contributed by atoms with van der Waals surface area (Å²) in [6.07, 6.45) is 3.63. The second-order valence-electron chi connectivity index (χ2n) is 5.49. The highest BCUT2D eigenvalue weighted by Crippen LogP contribution is 2.23. The van der Waals surface area contributed by atoms with Crippen molar-refractivity contribution in [3.8, 4) is 10.6 Å². The highest BCUT2D eigenvalue weighted by Gasteiger charge is 2.16. The third-order valence-corrected chi connectivity index (χ3v) is 4.58. The van der Waals surface area contributed by atoms with Crippen molar-refractivity contribution in [3.63, 3.8) is 0 Å². The molecule has 0 spiro atoms. The second-order valence-corrected chi connectivity index (χ2v) is 6.35. The first-order valence-electron chi connectivity index (χ1n) is 7.35. The van der Waals surface area contributed by atoms with Crippen LogP contribution < -0.4 is 5.32 Å². The normalized spacial score (nSPS) is 12.1. The molecule has 2 heterocycles. The van der Waals surface area contributed by atoms with E-state index >= 15 is 0 Å². The van der Waals surface area contributed by atoms with Gasteiger partial charge in [0.1, 0.15) is 10.7 Å². The van der Waals surface area contributed by atoms with Crippen molar-refractivity contribution >= 4 is 17.2 Å². The SMILES string of the molecule is Cc1ccccc1C(C)NC(=O)c1csc(-c2cnn(C)c2)n1. The Morgan fingerprint density at radius 1 is 1.35 bits per heavy atom. The molecule has 0 aliphatic heterocycles. The number of rotatable bonds is 4. The van der Waals surface area contributed by atoms with Crippen molar-refractivity contribution in [1.82, 2.24) is 20.1 Å². The quantitative estimate of drug-likeness (QED) is 0.800. The summed E-state index contributed by atoms with van der Waals surface area (Å²) < 4.78 is 1.72. The Bertz CT molecular complexity index is 836. The number of carbonyl (C=O) groups is 1. The molecule has 1 amide bonds. The number of hydrogen-bond donors (Lipinski definition) is 1. The molecule has 0 saturated heterocycles. The third kappa shape index (κ3) is 3.32. The molecule has 1 unspecified atom stereocenters. The first-order valence-corrected chi connectivity index (χ1v) is 8.23. The molecule has 5 nitrogen and oxygen atoms in total. The molecule has 2 aromatic heterocycles. The number of hydrogen-bond acceptors (Lipinski definition) is 4. The zero-order valence-electron chi connectivity index (χ0n) is 13.3. The average Bonchev–Trinajstić information content (AvgIpc) is 3.16. The number of nitrogens with one attached hydrogen (secondary N) is 1. The zero-order valence-corrected chi connectivity index (χ0v) is 14.1. The molecule has 1 atom stereocenters. The molecule has 0 fully saturated rings. The molecule has 6 heteroatoms. The molecule has 0 aliphatic rings. The zero-order chi connectivity index (χ0) is 16.4. The van der Waals surface area contributed by atoms with Crippen molar-refractivity contribution < 1.29 is 4.79 Å². The maximum Gasteiger partial charge on any atom is 0.271 e. The van der Waals surface area contributed by atoms with Crippen LogP contribution in [0.25, 0.3) is 10.6 Å². The minimum Gasteiger partial charge on any atom is -0.344 e. The van der Waals surface area contributed by atoms with Crippen LogP contribution in [-0.4, -0.2) is 20.7 Å². The molecule has 0 radical (unpaired) electrons. The van der Waals surface area contributed by atoms with Gasteiger partial charge in [-0.05, 0) is 25.0 Å². The van der Waals surface area contributed by atoms with E-state index < -0.39 is 0 Å². The van der Waals surface area contributed by atoms with E-state index in [1.54, 1.807) is 16.3 Å². The summed E-state index contributed by atoms with van der Waals surface area (Å²) in [4.78, 5) is 16.8. The van der Waals surface area contributed by atoms with Gasteiger partial charge in [-0.15, -0.1) is 11.3 Å². The van der Waals surface area contributed by atoms with Gasteiger partial charge < -0.3 is 5.32 Å². The van der Waals surface area contributed by atoms with E-state index in [0.29, 0.717) is 5.69 Å². The second kappa shape index (κ2) is 6.34. The summed E-state index contributed by atoms with van der Waals surface area (Å²) in [6, 6.07) is 7.98. The molecule has 0 bridgehead atoms. The van der Waals surface area contributed by atoms with Crippen LogP contribution in [0.15, 0.2) is 42.0 Å². The lowest BCUT2D eigenvalue weighted by molar-refractivity contribution is 0.0935. The fraction of sp³-hybridized carbons (Fsp3) is 0.235. The van der Waals surface area contributed by atoms with Crippen molar-refractivity contribution in [2.24, 2.45) is 7.05 Å². The third-order valence-electron chi connectivity index (χ3n) is 3.69. The minimum atomic E-state index is -0.160. The number of thiazole rings is 1. The predicted octanol–water partition coefficient (Wildman–Crippen LogP) is 3.34. The molecule has 3 rings (SSSR count). The fourth-order valence-electron chi connectivity index (χ4n) is 2.46. The van der Waals surface area contributed by atoms with Crippen molar-refractivity contribution in [2.45, 2.75) is 19.9 Å². The van der Waals surface area contributed by atoms with Crippen LogP contribution in [0.5, 0.6) is 0 Å². The Morgan fingerprint density at radius 3 is 2.83 bits per heavy atom. The largest absolute Gasteiger partial charge is 0.344 e. The molecule has 0 saturated carbocycles. The van der Waals surface area contributed by atoms with Crippen LogP contribution in [0.3, 0.4) is 0 Å². The van der Waals surface area contributed by atoms with Crippen LogP contribution in [0.1, 0.15) is 34.6 Å². The smallest absolute Gasteiger partial charge is 0.271 e. The first-order chi connectivity index (χ1) is 11.0. The summed E-state index contributed by atoms with van der Waals surface area (Å²) in [6.45, 7) is 4.02. The van der Waals surface area contributed by atoms with Gasteiger partial charge >= 0.3 is 0 Å². The fourth-order valence-corrected chi connectivity index (χ4v) is 3.24. The van der Waals surface area contributed by atoms with E-state index in [1.165, 1.54) is 11.3 Å². The molecule has 3 aromatic rings. The van der Waals surface area contributed by atoms with Gasteiger partial charge in [0.05, 0.1) is 12.2 Å². The Hall–Kier alpha value is -2.47. The molecular weight excluding hydrogens is 308 g/mol.